The normalized spacial score (nSPS) is 17.1. The Morgan fingerprint density at radius 2 is 1.56 bits per heavy atom. The second kappa shape index (κ2) is 11.4. The summed E-state index contributed by atoms with van der Waals surface area (Å²) in [6.07, 6.45) is 2.21. The molecule has 0 aromatic heterocycles. The Bertz CT molecular complexity index is 1170. The van der Waals surface area contributed by atoms with Crippen LogP contribution in [0.25, 0.3) is 0 Å². The van der Waals surface area contributed by atoms with Gasteiger partial charge in [-0.05, 0) is 56.2 Å². The predicted molar refractivity (Wildman–Crippen MR) is 141 cm³/mol. The van der Waals surface area contributed by atoms with Gasteiger partial charge in [-0.15, -0.1) is 0 Å². The average Bonchev–Trinajstić information content (AvgIpc) is 3.51. The number of likely N-dealkylation sites (N-methyl/N-ethyl adjacent to an activating group) is 1. The molecule has 2 heterocycles. The number of benzene rings is 2. The zero-order chi connectivity index (χ0) is 25.7. The fourth-order valence-corrected chi connectivity index (χ4v) is 5.09. The monoisotopic (exact) mass is 507 g/mol. The lowest BCUT2D eigenvalue weighted by molar-refractivity contribution is -0.121. The van der Waals surface area contributed by atoms with Gasteiger partial charge in [-0.1, -0.05) is 29.5 Å². The maximum absolute atomic E-state index is 12.7. The Hall–Kier alpha value is -3.66. The Balaban J connectivity index is 1.24. The number of rotatable bonds is 7. The first-order valence-electron chi connectivity index (χ1n) is 11.8. The number of aryl methyl sites for hydroxylation is 1. The van der Waals surface area contributed by atoms with Gasteiger partial charge in [0.05, 0.1) is 6.54 Å². The Morgan fingerprint density at radius 1 is 0.972 bits per heavy atom. The number of carbonyl (C=O) groups excluding carboxylic acids is 4. The van der Waals surface area contributed by atoms with Crippen molar-refractivity contribution in [1.29, 1.82) is 0 Å². The number of amidine groups is 1. The number of nitrogens with one attached hydrogen (secondary N) is 2. The number of thioether (sulfide) groups is 1. The minimum absolute atomic E-state index is 0.0316. The topological polar surface area (TPSA) is 111 Å². The molecule has 4 amide bonds. The molecule has 1 fully saturated rings. The SMILES string of the molecule is Cc1ccc(NC(=O)CN(C)C(=O)c2ccc(NC(=O)C[C@H]3SC(N4CCCC4)=NC3=O)cc2)cc1. The minimum atomic E-state index is -0.513. The molecular formula is C26H29N5O4S. The fourth-order valence-electron chi connectivity index (χ4n) is 3.97. The van der Waals surface area contributed by atoms with E-state index in [1.165, 1.54) is 16.7 Å². The highest BCUT2D eigenvalue weighted by molar-refractivity contribution is 8.15. The molecule has 1 atom stereocenters. The van der Waals surface area contributed by atoms with Crippen molar-refractivity contribution >= 4 is 51.9 Å². The lowest BCUT2D eigenvalue weighted by Gasteiger charge is -2.17. The van der Waals surface area contributed by atoms with Gasteiger partial charge in [-0.3, -0.25) is 19.2 Å². The molecule has 2 aliphatic heterocycles. The third-order valence-electron chi connectivity index (χ3n) is 5.95. The van der Waals surface area contributed by atoms with Crippen LogP contribution in [0, 0.1) is 6.92 Å². The molecule has 0 saturated carbocycles. The molecule has 2 aromatic rings. The summed E-state index contributed by atoms with van der Waals surface area (Å²) in [4.78, 5) is 57.3. The summed E-state index contributed by atoms with van der Waals surface area (Å²) < 4.78 is 0. The maximum Gasteiger partial charge on any atom is 0.262 e. The summed E-state index contributed by atoms with van der Waals surface area (Å²) in [6.45, 7) is 3.66. The Labute approximate surface area is 214 Å². The zero-order valence-electron chi connectivity index (χ0n) is 20.3. The second-order valence-corrected chi connectivity index (χ2v) is 10.1. The molecule has 0 aliphatic carbocycles. The average molecular weight is 508 g/mol. The number of hydrogen-bond donors (Lipinski definition) is 2. The van der Waals surface area contributed by atoms with E-state index in [-0.39, 0.29) is 36.6 Å². The molecule has 36 heavy (non-hydrogen) atoms. The van der Waals surface area contributed by atoms with Gasteiger partial charge in [-0.2, -0.15) is 4.99 Å². The van der Waals surface area contributed by atoms with E-state index in [9.17, 15) is 19.2 Å². The van der Waals surface area contributed by atoms with Crippen LogP contribution in [0.5, 0.6) is 0 Å². The number of likely N-dealkylation sites (tertiary alicyclic amines) is 1. The quantitative estimate of drug-likeness (QED) is 0.596. The zero-order valence-corrected chi connectivity index (χ0v) is 21.1. The van der Waals surface area contributed by atoms with Crippen LogP contribution in [0.1, 0.15) is 35.2 Å². The standard InChI is InChI=1S/C26H29N5O4S/c1-17-5-9-19(10-6-17)28-23(33)16-30(2)25(35)18-7-11-20(12-8-18)27-22(32)15-21-24(34)29-26(36-21)31-13-3-4-14-31/h5-12,21H,3-4,13-16H2,1-2H3,(H,27,32)(H,28,33)/t21-/m1/s1. The first-order valence-corrected chi connectivity index (χ1v) is 12.7. The summed E-state index contributed by atoms with van der Waals surface area (Å²) in [7, 11) is 1.56. The van der Waals surface area contributed by atoms with Crippen molar-refractivity contribution in [3.05, 3.63) is 59.7 Å². The van der Waals surface area contributed by atoms with Crippen molar-refractivity contribution in [2.24, 2.45) is 4.99 Å². The molecule has 188 valence electrons. The highest BCUT2D eigenvalue weighted by atomic mass is 32.2. The van der Waals surface area contributed by atoms with Crippen molar-refractivity contribution in [1.82, 2.24) is 9.80 Å². The molecule has 0 spiro atoms. The molecule has 0 bridgehead atoms. The summed E-state index contributed by atoms with van der Waals surface area (Å²) in [6, 6.07) is 13.9. The highest BCUT2D eigenvalue weighted by Crippen LogP contribution is 2.29. The van der Waals surface area contributed by atoms with Crippen LogP contribution in [0.4, 0.5) is 11.4 Å². The lowest BCUT2D eigenvalue weighted by Crippen LogP contribution is -2.34. The molecular weight excluding hydrogens is 478 g/mol. The molecule has 1 saturated heterocycles. The van der Waals surface area contributed by atoms with E-state index in [0.29, 0.717) is 16.9 Å². The van der Waals surface area contributed by atoms with Gasteiger partial charge in [0.1, 0.15) is 5.25 Å². The van der Waals surface area contributed by atoms with E-state index in [1.54, 1.807) is 31.3 Å². The highest BCUT2D eigenvalue weighted by Gasteiger charge is 2.33. The fraction of sp³-hybridized carbons (Fsp3) is 0.346. The van der Waals surface area contributed by atoms with Crippen molar-refractivity contribution < 1.29 is 19.2 Å². The van der Waals surface area contributed by atoms with Crippen LogP contribution < -0.4 is 10.6 Å². The van der Waals surface area contributed by atoms with E-state index in [0.717, 1.165) is 36.7 Å². The predicted octanol–water partition coefficient (Wildman–Crippen LogP) is 3.13. The van der Waals surface area contributed by atoms with Crippen LogP contribution >= 0.6 is 11.8 Å². The Kier molecular flexibility index (Phi) is 8.04. The molecule has 0 radical (unpaired) electrons. The number of anilines is 2. The van der Waals surface area contributed by atoms with Gasteiger partial charge >= 0.3 is 0 Å². The number of carbonyl (C=O) groups is 4. The lowest BCUT2D eigenvalue weighted by atomic mass is 10.1. The van der Waals surface area contributed by atoms with Crippen molar-refractivity contribution in [2.45, 2.75) is 31.4 Å². The third-order valence-corrected chi connectivity index (χ3v) is 7.17. The molecule has 2 aliphatic rings. The van der Waals surface area contributed by atoms with E-state index in [2.05, 4.69) is 20.5 Å². The first-order chi connectivity index (χ1) is 17.3. The van der Waals surface area contributed by atoms with Crippen molar-refractivity contribution in [2.75, 3.05) is 37.3 Å². The van der Waals surface area contributed by atoms with Crippen LogP contribution in [0.3, 0.4) is 0 Å². The van der Waals surface area contributed by atoms with E-state index in [1.807, 2.05) is 31.2 Å². The minimum Gasteiger partial charge on any atom is -0.351 e. The number of hydrogen-bond acceptors (Lipinski definition) is 6. The number of amides is 4. The van der Waals surface area contributed by atoms with Crippen molar-refractivity contribution in [3.8, 4) is 0 Å². The summed E-state index contributed by atoms with van der Waals surface area (Å²) in [5.74, 6) is -1.17. The Morgan fingerprint density at radius 3 is 2.19 bits per heavy atom. The molecule has 4 rings (SSSR count). The van der Waals surface area contributed by atoms with E-state index in [4.69, 9.17) is 0 Å². The van der Waals surface area contributed by atoms with E-state index < -0.39 is 5.25 Å². The number of aliphatic imine (C=N–C) groups is 1. The molecule has 9 nitrogen and oxygen atoms in total. The van der Waals surface area contributed by atoms with E-state index >= 15 is 0 Å². The van der Waals surface area contributed by atoms with Crippen molar-refractivity contribution in [3.63, 3.8) is 0 Å². The van der Waals surface area contributed by atoms with Gasteiger partial charge < -0.3 is 20.4 Å². The van der Waals surface area contributed by atoms with Crippen LogP contribution in [0.2, 0.25) is 0 Å². The van der Waals surface area contributed by atoms with Crippen LogP contribution in [-0.2, 0) is 14.4 Å². The largest absolute Gasteiger partial charge is 0.351 e. The van der Waals surface area contributed by atoms with Gasteiger partial charge in [0.2, 0.25) is 11.8 Å². The van der Waals surface area contributed by atoms with Gasteiger partial charge in [0.15, 0.2) is 5.17 Å². The summed E-state index contributed by atoms with van der Waals surface area (Å²) in [5, 5.41) is 5.75. The van der Waals surface area contributed by atoms with Gasteiger partial charge in [0, 0.05) is 43.5 Å². The smallest absolute Gasteiger partial charge is 0.262 e. The molecule has 10 heteroatoms. The van der Waals surface area contributed by atoms with Crippen LogP contribution in [0.15, 0.2) is 53.5 Å². The summed E-state index contributed by atoms with van der Waals surface area (Å²) >= 11 is 1.35. The van der Waals surface area contributed by atoms with Gasteiger partial charge in [-0.25, -0.2) is 0 Å². The molecule has 2 N–H and O–H groups in total. The maximum atomic E-state index is 12.7. The first kappa shape index (κ1) is 25.4. The van der Waals surface area contributed by atoms with Gasteiger partial charge in [0.25, 0.3) is 11.8 Å². The second-order valence-electron chi connectivity index (χ2n) is 8.94. The van der Waals surface area contributed by atoms with Crippen LogP contribution in [-0.4, -0.2) is 70.5 Å². The number of nitrogens with zero attached hydrogens (tertiary/aromatic N) is 3. The molecule has 0 unspecified atom stereocenters. The molecule has 2 aromatic carbocycles. The summed E-state index contributed by atoms with van der Waals surface area (Å²) in [5.41, 5.74) is 2.67. The third kappa shape index (κ3) is 6.51.